The molecule has 0 aromatic heterocycles. The zero-order valence-electron chi connectivity index (χ0n) is 12.1. The van der Waals surface area contributed by atoms with Crippen molar-refractivity contribution in [2.75, 3.05) is 25.5 Å². The van der Waals surface area contributed by atoms with Gasteiger partial charge in [0.05, 0.1) is 18.1 Å². The molecule has 112 valence electrons. The molecule has 2 atom stereocenters. The van der Waals surface area contributed by atoms with Gasteiger partial charge in [0.25, 0.3) is 0 Å². The molecule has 5 nitrogen and oxygen atoms in total. The summed E-state index contributed by atoms with van der Waals surface area (Å²) >= 11 is 1.70. The van der Waals surface area contributed by atoms with Crippen LogP contribution in [0.3, 0.4) is 0 Å². The average Bonchev–Trinajstić information content (AvgIpc) is 2.86. The lowest BCUT2D eigenvalue weighted by Gasteiger charge is -2.29. The van der Waals surface area contributed by atoms with Gasteiger partial charge in [-0.05, 0) is 20.3 Å². The molecule has 2 unspecified atom stereocenters. The van der Waals surface area contributed by atoms with Crippen molar-refractivity contribution in [2.45, 2.75) is 37.6 Å². The number of ether oxygens (including phenoxy) is 1. The number of thioether (sulfide) groups is 1. The standard InChI is InChI=1S/C14H22N2O3S/c1-10(2)8-19-7-6-15-13(18)11-9-20-14(3)5-4-12(17)16(11)14/h11H,1,4-9H2,2-3H3,(H,15,18). The van der Waals surface area contributed by atoms with Crippen LogP contribution in [0.1, 0.15) is 26.7 Å². The van der Waals surface area contributed by atoms with E-state index < -0.39 is 0 Å². The van der Waals surface area contributed by atoms with Crippen molar-refractivity contribution in [1.82, 2.24) is 10.2 Å². The van der Waals surface area contributed by atoms with E-state index in [1.165, 1.54) is 0 Å². The number of hydrogen-bond acceptors (Lipinski definition) is 4. The van der Waals surface area contributed by atoms with E-state index >= 15 is 0 Å². The SMILES string of the molecule is C=C(C)COCCNC(=O)C1CSC2(C)CCC(=O)N12. The predicted molar refractivity (Wildman–Crippen MR) is 79.4 cm³/mol. The van der Waals surface area contributed by atoms with Crippen LogP contribution in [0, 0.1) is 0 Å². The lowest BCUT2D eigenvalue weighted by molar-refractivity contribution is -0.138. The van der Waals surface area contributed by atoms with Crippen LogP contribution in [0.15, 0.2) is 12.2 Å². The molecule has 0 aromatic carbocycles. The molecule has 0 saturated carbocycles. The van der Waals surface area contributed by atoms with Crippen molar-refractivity contribution in [3.63, 3.8) is 0 Å². The quantitative estimate of drug-likeness (QED) is 0.590. The normalized spacial score (nSPS) is 28.6. The van der Waals surface area contributed by atoms with Gasteiger partial charge in [-0.15, -0.1) is 11.8 Å². The molecule has 0 aliphatic carbocycles. The van der Waals surface area contributed by atoms with Crippen LogP contribution < -0.4 is 5.32 Å². The minimum absolute atomic E-state index is 0.0737. The Bertz CT molecular complexity index is 427. The third-order valence-electron chi connectivity index (χ3n) is 3.64. The van der Waals surface area contributed by atoms with Crippen LogP contribution in [0.25, 0.3) is 0 Å². The van der Waals surface area contributed by atoms with Gasteiger partial charge in [-0.25, -0.2) is 0 Å². The fourth-order valence-corrected chi connectivity index (χ4v) is 4.06. The number of carbonyl (C=O) groups is 2. The summed E-state index contributed by atoms with van der Waals surface area (Å²) in [5.74, 6) is 0.701. The molecule has 0 spiro atoms. The van der Waals surface area contributed by atoms with Crippen LogP contribution in [0.4, 0.5) is 0 Å². The molecule has 1 N–H and O–H groups in total. The van der Waals surface area contributed by atoms with Crippen LogP contribution in [-0.4, -0.2) is 53.1 Å². The number of carbonyl (C=O) groups excluding carboxylic acids is 2. The Morgan fingerprint density at radius 2 is 2.40 bits per heavy atom. The Morgan fingerprint density at radius 1 is 1.65 bits per heavy atom. The molecule has 6 heteroatoms. The zero-order valence-corrected chi connectivity index (χ0v) is 12.9. The lowest BCUT2D eigenvalue weighted by Crippen LogP contribution is -2.50. The second-order valence-electron chi connectivity index (χ2n) is 5.57. The van der Waals surface area contributed by atoms with E-state index in [0.29, 0.717) is 31.9 Å². The van der Waals surface area contributed by atoms with Gasteiger partial charge in [-0.3, -0.25) is 9.59 Å². The summed E-state index contributed by atoms with van der Waals surface area (Å²) in [6.07, 6.45) is 1.39. The van der Waals surface area contributed by atoms with Crippen molar-refractivity contribution >= 4 is 23.6 Å². The Balaban J connectivity index is 1.79. The van der Waals surface area contributed by atoms with Gasteiger partial charge < -0.3 is 15.0 Å². The molecule has 0 bridgehead atoms. The van der Waals surface area contributed by atoms with Crippen LogP contribution in [-0.2, 0) is 14.3 Å². The van der Waals surface area contributed by atoms with Crippen molar-refractivity contribution in [2.24, 2.45) is 0 Å². The molecule has 2 fully saturated rings. The molecule has 20 heavy (non-hydrogen) atoms. The minimum Gasteiger partial charge on any atom is -0.375 e. The third-order valence-corrected chi connectivity index (χ3v) is 5.15. The largest absolute Gasteiger partial charge is 0.375 e. The van der Waals surface area contributed by atoms with Gasteiger partial charge in [0, 0.05) is 18.7 Å². The highest BCUT2D eigenvalue weighted by molar-refractivity contribution is 8.01. The average molecular weight is 298 g/mol. The smallest absolute Gasteiger partial charge is 0.243 e. The van der Waals surface area contributed by atoms with Crippen molar-refractivity contribution in [3.05, 3.63) is 12.2 Å². The summed E-state index contributed by atoms with van der Waals surface area (Å²) in [6.45, 7) is 9.13. The summed E-state index contributed by atoms with van der Waals surface area (Å²) in [6, 6.07) is -0.332. The lowest BCUT2D eigenvalue weighted by atomic mass is 10.2. The first-order chi connectivity index (χ1) is 9.44. The highest BCUT2D eigenvalue weighted by atomic mass is 32.2. The van der Waals surface area contributed by atoms with E-state index in [4.69, 9.17) is 4.74 Å². The van der Waals surface area contributed by atoms with E-state index in [1.54, 1.807) is 16.7 Å². The highest BCUT2D eigenvalue weighted by Crippen LogP contribution is 2.47. The van der Waals surface area contributed by atoms with Crippen molar-refractivity contribution < 1.29 is 14.3 Å². The van der Waals surface area contributed by atoms with Crippen molar-refractivity contribution in [3.8, 4) is 0 Å². The first kappa shape index (κ1) is 15.4. The fraction of sp³-hybridized carbons (Fsp3) is 0.714. The molecule has 0 aromatic rings. The Kier molecular flexibility index (Phi) is 4.75. The van der Waals surface area contributed by atoms with Crippen molar-refractivity contribution in [1.29, 1.82) is 0 Å². The predicted octanol–water partition coefficient (Wildman–Crippen LogP) is 1.15. The summed E-state index contributed by atoms with van der Waals surface area (Å²) in [7, 11) is 0. The summed E-state index contributed by atoms with van der Waals surface area (Å²) in [5.41, 5.74) is 0.960. The number of amides is 2. The van der Waals surface area contributed by atoms with Crippen LogP contribution in [0.2, 0.25) is 0 Å². The highest BCUT2D eigenvalue weighted by Gasteiger charge is 2.52. The van der Waals surface area contributed by atoms with E-state index in [1.807, 2.05) is 13.8 Å². The fourth-order valence-electron chi connectivity index (χ4n) is 2.63. The zero-order chi connectivity index (χ0) is 14.8. The maximum absolute atomic E-state index is 12.2. The second-order valence-corrected chi connectivity index (χ2v) is 7.07. The molecule has 2 rings (SSSR count). The summed E-state index contributed by atoms with van der Waals surface area (Å²) in [5, 5.41) is 2.85. The Morgan fingerprint density at radius 3 is 3.10 bits per heavy atom. The molecular weight excluding hydrogens is 276 g/mol. The van der Waals surface area contributed by atoms with Crippen LogP contribution >= 0.6 is 11.8 Å². The van der Waals surface area contributed by atoms with Gasteiger partial charge in [-0.1, -0.05) is 12.2 Å². The van der Waals surface area contributed by atoms with E-state index in [-0.39, 0.29) is 22.7 Å². The minimum atomic E-state index is -0.332. The van der Waals surface area contributed by atoms with Crippen LogP contribution in [0.5, 0.6) is 0 Å². The molecule has 2 heterocycles. The maximum Gasteiger partial charge on any atom is 0.243 e. The topological polar surface area (TPSA) is 58.6 Å². The van der Waals surface area contributed by atoms with E-state index in [9.17, 15) is 9.59 Å². The second kappa shape index (κ2) is 6.18. The monoisotopic (exact) mass is 298 g/mol. The first-order valence-electron chi connectivity index (χ1n) is 6.90. The number of hydrogen-bond donors (Lipinski definition) is 1. The number of nitrogens with one attached hydrogen (secondary N) is 1. The summed E-state index contributed by atoms with van der Waals surface area (Å²) in [4.78, 5) is 25.7. The van der Waals surface area contributed by atoms with Gasteiger partial charge in [0.2, 0.25) is 11.8 Å². The van der Waals surface area contributed by atoms with Gasteiger partial charge in [-0.2, -0.15) is 0 Å². The Labute approximate surface area is 124 Å². The third kappa shape index (κ3) is 3.17. The summed E-state index contributed by atoms with van der Waals surface area (Å²) < 4.78 is 5.34. The van der Waals surface area contributed by atoms with Gasteiger partial charge in [0.1, 0.15) is 6.04 Å². The molecule has 2 amide bonds. The first-order valence-corrected chi connectivity index (χ1v) is 7.88. The molecule has 2 aliphatic heterocycles. The number of rotatable bonds is 6. The molecular formula is C14H22N2O3S. The maximum atomic E-state index is 12.2. The molecule has 2 saturated heterocycles. The van der Waals surface area contributed by atoms with Gasteiger partial charge >= 0.3 is 0 Å². The number of nitrogens with zero attached hydrogens (tertiary/aromatic N) is 1. The molecule has 0 radical (unpaired) electrons. The van der Waals surface area contributed by atoms with E-state index in [2.05, 4.69) is 11.9 Å². The van der Waals surface area contributed by atoms with Gasteiger partial charge in [0.15, 0.2) is 0 Å². The molecule has 2 aliphatic rings. The Hall–Kier alpha value is -1.01. The number of fused-ring (bicyclic) bond motifs is 1. The van der Waals surface area contributed by atoms with E-state index in [0.717, 1.165) is 12.0 Å².